The lowest BCUT2D eigenvalue weighted by Crippen LogP contribution is -2.25. The third-order valence-corrected chi connectivity index (χ3v) is 5.81. The summed E-state index contributed by atoms with van der Waals surface area (Å²) in [4.78, 5) is 11.0. The van der Waals surface area contributed by atoms with Crippen LogP contribution >= 0.6 is 11.3 Å². The standard InChI is InChI=1S/C20H18F4N4S/c21-17-18(25-11-15-3-2-10-29-15)26-12-27-19(17)28-9-1-4-16(28)13-5-7-14(8-6-13)20(22,23)24/h2-3,5-8,10,12,16H,1,4,9,11H2,(H,25,26,27)/t16-/m1/s1. The third kappa shape index (κ3) is 4.19. The van der Waals surface area contributed by atoms with Gasteiger partial charge in [0.15, 0.2) is 11.6 Å². The van der Waals surface area contributed by atoms with Gasteiger partial charge in [-0.1, -0.05) is 18.2 Å². The van der Waals surface area contributed by atoms with E-state index in [1.54, 1.807) is 16.2 Å². The first-order valence-electron chi connectivity index (χ1n) is 9.14. The number of aromatic nitrogens is 2. The Kier molecular flexibility index (Phi) is 5.40. The first-order chi connectivity index (χ1) is 13.9. The summed E-state index contributed by atoms with van der Waals surface area (Å²) in [5.74, 6) is -0.277. The van der Waals surface area contributed by atoms with Gasteiger partial charge in [-0.2, -0.15) is 17.6 Å². The van der Waals surface area contributed by atoms with Crippen molar-refractivity contribution in [3.63, 3.8) is 0 Å². The fourth-order valence-corrected chi connectivity index (χ4v) is 4.17. The summed E-state index contributed by atoms with van der Waals surface area (Å²) in [6.07, 6.45) is -1.56. The fraction of sp³-hybridized carbons (Fsp3) is 0.300. The molecule has 0 radical (unpaired) electrons. The van der Waals surface area contributed by atoms with E-state index in [1.165, 1.54) is 18.5 Å². The van der Waals surface area contributed by atoms with Crippen molar-refractivity contribution in [1.29, 1.82) is 0 Å². The summed E-state index contributed by atoms with van der Waals surface area (Å²) >= 11 is 1.56. The van der Waals surface area contributed by atoms with Gasteiger partial charge in [0.05, 0.1) is 18.2 Å². The highest BCUT2D eigenvalue weighted by atomic mass is 32.1. The number of rotatable bonds is 5. The number of alkyl halides is 3. The number of benzene rings is 1. The van der Waals surface area contributed by atoms with E-state index >= 15 is 4.39 Å². The zero-order chi connectivity index (χ0) is 20.4. The molecule has 3 heterocycles. The maximum absolute atomic E-state index is 15.1. The molecule has 0 spiro atoms. The Morgan fingerprint density at radius 2 is 1.93 bits per heavy atom. The van der Waals surface area contributed by atoms with Gasteiger partial charge in [0.25, 0.3) is 0 Å². The zero-order valence-electron chi connectivity index (χ0n) is 15.3. The predicted octanol–water partition coefficient (Wildman–Crippen LogP) is 5.65. The van der Waals surface area contributed by atoms with Crippen molar-refractivity contribution in [3.05, 3.63) is 69.9 Å². The molecule has 1 N–H and O–H groups in total. The minimum Gasteiger partial charge on any atom is -0.363 e. The molecule has 1 aliphatic rings. The molecule has 2 aromatic heterocycles. The summed E-state index contributed by atoms with van der Waals surface area (Å²) in [5.41, 5.74) is 0.0145. The number of anilines is 2. The Bertz CT molecular complexity index is 958. The molecule has 29 heavy (non-hydrogen) atoms. The number of nitrogens with zero attached hydrogens (tertiary/aromatic N) is 3. The molecule has 1 saturated heterocycles. The van der Waals surface area contributed by atoms with Crippen molar-refractivity contribution < 1.29 is 17.6 Å². The van der Waals surface area contributed by atoms with Gasteiger partial charge in [0.1, 0.15) is 6.33 Å². The number of thiophene rings is 1. The van der Waals surface area contributed by atoms with Gasteiger partial charge in [0, 0.05) is 11.4 Å². The summed E-state index contributed by atoms with van der Waals surface area (Å²) < 4.78 is 53.6. The normalized spacial score (nSPS) is 17.0. The van der Waals surface area contributed by atoms with Crippen LogP contribution in [0.3, 0.4) is 0 Å². The van der Waals surface area contributed by atoms with Crippen LogP contribution in [0.5, 0.6) is 0 Å². The van der Waals surface area contributed by atoms with E-state index in [0.717, 1.165) is 23.4 Å². The van der Waals surface area contributed by atoms with Crippen LogP contribution in [-0.4, -0.2) is 16.5 Å². The van der Waals surface area contributed by atoms with E-state index in [2.05, 4.69) is 15.3 Å². The van der Waals surface area contributed by atoms with Crippen molar-refractivity contribution in [2.75, 3.05) is 16.8 Å². The van der Waals surface area contributed by atoms with Crippen molar-refractivity contribution in [2.24, 2.45) is 0 Å². The van der Waals surface area contributed by atoms with Crippen molar-refractivity contribution in [2.45, 2.75) is 31.6 Å². The molecule has 3 aromatic rings. The van der Waals surface area contributed by atoms with Crippen LogP contribution in [0.15, 0.2) is 48.1 Å². The van der Waals surface area contributed by atoms with E-state index in [0.29, 0.717) is 25.1 Å². The van der Waals surface area contributed by atoms with Crippen molar-refractivity contribution in [1.82, 2.24) is 9.97 Å². The van der Waals surface area contributed by atoms with Gasteiger partial charge >= 0.3 is 6.18 Å². The fourth-order valence-electron chi connectivity index (χ4n) is 3.53. The zero-order valence-corrected chi connectivity index (χ0v) is 16.1. The average molecular weight is 422 g/mol. The molecule has 1 atom stereocenters. The van der Waals surface area contributed by atoms with Crippen LogP contribution in [0.25, 0.3) is 0 Å². The van der Waals surface area contributed by atoms with Crippen LogP contribution in [-0.2, 0) is 12.7 Å². The molecule has 4 rings (SSSR count). The first-order valence-corrected chi connectivity index (χ1v) is 10.0. The number of halogens is 4. The Balaban J connectivity index is 1.56. The van der Waals surface area contributed by atoms with Crippen LogP contribution in [0, 0.1) is 5.82 Å². The first kappa shape index (κ1) is 19.6. The molecule has 0 aliphatic carbocycles. The number of nitrogens with one attached hydrogen (secondary N) is 1. The van der Waals surface area contributed by atoms with Gasteiger partial charge < -0.3 is 10.2 Å². The van der Waals surface area contributed by atoms with E-state index in [4.69, 9.17) is 0 Å². The Hall–Kier alpha value is -2.68. The van der Waals surface area contributed by atoms with Crippen LogP contribution in [0.4, 0.5) is 29.2 Å². The summed E-state index contributed by atoms with van der Waals surface area (Å²) in [5, 5.41) is 4.93. The second kappa shape index (κ2) is 7.98. The Morgan fingerprint density at radius 3 is 2.62 bits per heavy atom. The van der Waals surface area contributed by atoms with Crippen LogP contribution in [0.1, 0.15) is 34.9 Å². The molecule has 0 bridgehead atoms. The van der Waals surface area contributed by atoms with Crippen LogP contribution in [0.2, 0.25) is 0 Å². The smallest absolute Gasteiger partial charge is 0.363 e. The molecule has 0 amide bonds. The third-order valence-electron chi connectivity index (χ3n) is 4.93. The minimum absolute atomic E-state index is 0.112. The second-order valence-corrected chi connectivity index (χ2v) is 7.80. The lowest BCUT2D eigenvalue weighted by Gasteiger charge is -2.27. The second-order valence-electron chi connectivity index (χ2n) is 6.76. The molecule has 1 fully saturated rings. The lowest BCUT2D eigenvalue weighted by atomic mass is 10.0. The number of hydrogen-bond donors (Lipinski definition) is 1. The summed E-state index contributed by atoms with van der Waals surface area (Å²) in [7, 11) is 0. The monoisotopic (exact) mass is 422 g/mol. The predicted molar refractivity (Wildman–Crippen MR) is 104 cm³/mol. The van der Waals surface area contributed by atoms with Gasteiger partial charge in [-0.3, -0.25) is 0 Å². The molecule has 152 valence electrons. The van der Waals surface area contributed by atoms with Crippen molar-refractivity contribution in [3.8, 4) is 0 Å². The van der Waals surface area contributed by atoms with E-state index in [-0.39, 0.29) is 17.7 Å². The van der Waals surface area contributed by atoms with Gasteiger partial charge in [0.2, 0.25) is 5.82 Å². The van der Waals surface area contributed by atoms with Gasteiger partial charge in [-0.25, -0.2) is 9.97 Å². The van der Waals surface area contributed by atoms with Gasteiger partial charge in [-0.05, 0) is 42.0 Å². The maximum atomic E-state index is 15.1. The Labute approximate surface area is 169 Å². The van der Waals surface area contributed by atoms with Crippen LogP contribution < -0.4 is 10.2 Å². The molecule has 1 aliphatic heterocycles. The van der Waals surface area contributed by atoms with E-state index in [1.807, 2.05) is 17.5 Å². The molecule has 0 unspecified atom stereocenters. The topological polar surface area (TPSA) is 41.1 Å². The molecule has 4 nitrogen and oxygen atoms in total. The average Bonchev–Trinajstić information content (AvgIpc) is 3.39. The molecule has 0 saturated carbocycles. The molecule has 1 aromatic carbocycles. The molecule has 9 heteroatoms. The molecular formula is C20H18F4N4S. The molecular weight excluding hydrogens is 404 g/mol. The Morgan fingerprint density at radius 1 is 1.14 bits per heavy atom. The summed E-state index contributed by atoms with van der Waals surface area (Å²) in [6.45, 7) is 1.03. The minimum atomic E-state index is -4.38. The quantitative estimate of drug-likeness (QED) is 0.540. The largest absolute Gasteiger partial charge is 0.416 e. The highest BCUT2D eigenvalue weighted by molar-refractivity contribution is 7.09. The maximum Gasteiger partial charge on any atom is 0.416 e. The van der Waals surface area contributed by atoms with Gasteiger partial charge in [-0.15, -0.1) is 11.3 Å². The number of hydrogen-bond acceptors (Lipinski definition) is 5. The highest BCUT2D eigenvalue weighted by Gasteiger charge is 2.33. The van der Waals surface area contributed by atoms with E-state index in [9.17, 15) is 13.2 Å². The SMILES string of the molecule is Fc1c(NCc2cccs2)ncnc1N1CCC[C@@H]1c1ccc(C(F)(F)F)cc1. The van der Waals surface area contributed by atoms with E-state index < -0.39 is 17.6 Å². The summed E-state index contributed by atoms with van der Waals surface area (Å²) in [6, 6.07) is 8.68. The highest BCUT2D eigenvalue weighted by Crippen LogP contribution is 2.38. The lowest BCUT2D eigenvalue weighted by molar-refractivity contribution is -0.137. The van der Waals surface area contributed by atoms with Crippen molar-refractivity contribution >= 4 is 23.0 Å².